The van der Waals surface area contributed by atoms with Crippen LogP contribution in [0.3, 0.4) is 0 Å². The monoisotopic (exact) mass is 673 g/mol. The van der Waals surface area contributed by atoms with Crippen LogP contribution in [0.1, 0.15) is 233 Å². The lowest BCUT2D eigenvalue weighted by atomic mass is 10.1. The first kappa shape index (κ1) is 45.6. The van der Waals surface area contributed by atoms with Gasteiger partial charge in [0.2, 0.25) is 0 Å². The highest BCUT2D eigenvalue weighted by molar-refractivity contribution is 7.52. The van der Waals surface area contributed by atoms with Crippen LogP contribution in [0.5, 0.6) is 0 Å². The van der Waals surface area contributed by atoms with Crippen molar-refractivity contribution in [1.82, 2.24) is 4.90 Å². The molecule has 0 amide bonds. The fourth-order valence-corrected chi connectivity index (χ4v) is 7.25. The molecular formula is C40H82FN2O2P. The maximum Gasteiger partial charge on any atom is 0.493 e. The van der Waals surface area contributed by atoms with E-state index in [9.17, 15) is 4.57 Å². The van der Waals surface area contributed by atoms with E-state index in [1.165, 1.54) is 154 Å². The minimum absolute atomic E-state index is 0.201. The van der Waals surface area contributed by atoms with Crippen molar-refractivity contribution in [2.75, 3.05) is 19.7 Å². The summed E-state index contributed by atoms with van der Waals surface area (Å²) in [6, 6.07) is 0. The van der Waals surface area contributed by atoms with Gasteiger partial charge in [0.25, 0.3) is 0 Å². The average Bonchev–Trinajstić information content (AvgIpc) is 3.04. The number of nitrogens with zero attached hydrogens (tertiary/aromatic N) is 2. The minimum Gasteiger partial charge on any atom is -0.360 e. The quantitative estimate of drug-likeness (QED) is 0.0285. The average molecular weight is 673 g/mol. The van der Waals surface area contributed by atoms with Crippen molar-refractivity contribution in [1.29, 1.82) is 0 Å². The zero-order valence-corrected chi connectivity index (χ0v) is 32.7. The highest BCUT2D eigenvalue weighted by Crippen LogP contribution is 2.51. The summed E-state index contributed by atoms with van der Waals surface area (Å²) in [7, 11) is -4.52. The molecule has 0 rings (SSSR count). The Hall–Kier alpha value is -0.410. The molecule has 0 saturated heterocycles. The van der Waals surface area contributed by atoms with Crippen molar-refractivity contribution < 1.29 is 13.3 Å². The Morgan fingerprint density at radius 2 is 0.783 bits per heavy atom. The molecule has 0 spiro atoms. The lowest BCUT2D eigenvalue weighted by molar-refractivity contribution is 0.277. The molecule has 276 valence electrons. The summed E-state index contributed by atoms with van der Waals surface area (Å²) in [6.07, 6.45) is 38.8. The number of unbranched alkanes of at least 4 members (excludes halogenated alkanes) is 27. The molecule has 0 aromatic heterocycles. The summed E-state index contributed by atoms with van der Waals surface area (Å²) in [5, 5.41) is 0. The summed E-state index contributed by atoms with van der Waals surface area (Å²) in [5.74, 6) is 0.709. The molecule has 4 nitrogen and oxygen atoms in total. The van der Waals surface area contributed by atoms with Gasteiger partial charge >= 0.3 is 7.83 Å². The Morgan fingerprint density at radius 3 is 1.15 bits per heavy atom. The second-order valence-corrected chi connectivity index (χ2v) is 15.4. The van der Waals surface area contributed by atoms with E-state index in [1.54, 1.807) is 0 Å². The SMILES string of the molecule is CCCCCCCCCCOP(=O)(F)N=C(CCCCCCCCC)N(CCCCCCCCCC)CCCCCCCCCC. The molecule has 0 aromatic rings. The standard InChI is InChI=1S/C40H82FN2O2P/c1-5-9-13-17-21-25-29-33-37-43(38-34-30-26-22-18-14-10-6-2)40(36-32-28-24-20-16-12-8-4)42-46(41,44)45-39-35-31-27-23-19-15-11-7-3/h5-39H2,1-4H3. The number of rotatable bonds is 37. The molecule has 0 radical (unpaired) electrons. The van der Waals surface area contributed by atoms with Gasteiger partial charge in [-0.05, 0) is 25.7 Å². The topological polar surface area (TPSA) is 41.9 Å². The van der Waals surface area contributed by atoms with Crippen molar-refractivity contribution in [3.05, 3.63) is 0 Å². The van der Waals surface area contributed by atoms with E-state index in [2.05, 4.69) is 37.4 Å². The molecule has 0 bridgehead atoms. The van der Waals surface area contributed by atoms with Crippen LogP contribution >= 0.6 is 7.83 Å². The van der Waals surface area contributed by atoms with Crippen molar-refractivity contribution in [2.24, 2.45) is 4.76 Å². The molecule has 0 heterocycles. The van der Waals surface area contributed by atoms with Gasteiger partial charge in [-0.1, -0.05) is 201 Å². The summed E-state index contributed by atoms with van der Waals surface area (Å²) in [6.45, 7) is 11.0. The predicted molar refractivity (Wildman–Crippen MR) is 204 cm³/mol. The summed E-state index contributed by atoms with van der Waals surface area (Å²) < 4.78 is 38.2. The van der Waals surface area contributed by atoms with E-state index in [0.717, 1.165) is 58.0 Å². The third-order valence-corrected chi connectivity index (χ3v) is 10.4. The van der Waals surface area contributed by atoms with Gasteiger partial charge in [-0.2, -0.15) is 4.76 Å². The predicted octanol–water partition coefficient (Wildman–Crippen LogP) is 15.3. The molecule has 0 aromatic carbocycles. The van der Waals surface area contributed by atoms with Gasteiger partial charge < -0.3 is 4.90 Å². The molecule has 0 aliphatic rings. The van der Waals surface area contributed by atoms with E-state index in [1.807, 2.05) is 0 Å². The van der Waals surface area contributed by atoms with E-state index in [0.29, 0.717) is 12.3 Å². The first-order valence-corrected chi connectivity index (χ1v) is 22.3. The second-order valence-electron chi connectivity index (χ2n) is 14.1. The highest BCUT2D eigenvalue weighted by Gasteiger charge is 2.24. The Balaban J connectivity index is 5.20. The van der Waals surface area contributed by atoms with Crippen molar-refractivity contribution >= 4 is 13.7 Å². The van der Waals surface area contributed by atoms with Crippen LogP contribution in [0.2, 0.25) is 0 Å². The molecule has 0 aliphatic heterocycles. The van der Waals surface area contributed by atoms with Crippen LogP contribution in [0.4, 0.5) is 4.20 Å². The van der Waals surface area contributed by atoms with Crippen LogP contribution < -0.4 is 0 Å². The Labute approximate surface area is 288 Å². The van der Waals surface area contributed by atoms with Crippen molar-refractivity contribution in [2.45, 2.75) is 233 Å². The lowest BCUT2D eigenvalue weighted by Crippen LogP contribution is -2.33. The summed E-state index contributed by atoms with van der Waals surface area (Å²) in [5.41, 5.74) is 0. The van der Waals surface area contributed by atoms with Crippen LogP contribution in [-0.2, 0) is 9.09 Å². The smallest absolute Gasteiger partial charge is 0.360 e. The van der Waals surface area contributed by atoms with Gasteiger partial charge in [-0.25, -0.2) is 4.57 Å². The number of hydrogen-bond acceptors (Lipinski definition) is 2. The molecule has 1 atom stereocenters. The van der Waals surface area contributed by atoms with Crippen molar-refractivity contribution in [3.63, 3.8) is 0 Å². The zero-order valence-electron chi connectivity index (χ0n) is 31.8. The molecular weight excluding hydrogens is 590 g/mol. The van der Waals surface area contributed by atoms with Crippen molar-refractivity contribution in [3.8, 4) is 0 Å². The number of amidine groups is 1. The maximum atomic E-state index is 15.4. The molecule has 1 unspecified atom stereocenters. The number of hydrogen-bond donors (Lipinski definition) is 0. The third kappa shape index (κ3) is 32.2. The molecule has 0 aliphatic carbocycles. The number of halogens is 1. The minimum atomic E-state index is -4.52. The van der Waals surface area contributed by atoms with E-state index in [-0.39, 0.29) is 6.61 Å². The maximum absolute atomic E-state index is 15.4. The highest BCUT2D eigenvalue weighted by atomic mass is 31.2. The van der Waals surface area contributed by atoms with Gasteiger partial charge in [0, 0.05) is 19.5 Å². The van der Waals surface area contributed by atoms with Crippen LogP contribution in [0, 0.1) is 0 Å². The lowest BCUT2D eigenvalue weighted by Gasteiger charge is -2.27. The summed E-state index contributed by atoms with van der Waals surface area (Å²) in [4.78, 5) is 2.30. The molecule has 0 N–H and O–H groups in total. The largest absolute Gasteiger partial charge is 0.493 e. The Kier molecular flexibility index (Phi) is 35.6. The van der Waals surface area contributed by atoms with Gasteiger partial charge in [0.1, 0.15) is 5.84 Å². The fourth-order valence-electron chi connectivity index (χ4n) is 6.33. The molecule has 6 heteroatoms. The third-order valence-electron chi connectivity index (χ3n) is 9.42. The first-order valence-electron chi connectivity index (χ1n) is 20.8. The normalized spacial score (nSPS) is 13.4. The van der Waals surface area contributed by atoms with E-state index in [4.69, 9.17) is 4.52 Å². The van der Waals surface area contributed by atoms with Crippen LogP contribution in [-0.4, -0.2) is 30.4 Å². The summed E-state index contributed by atoms with van der Waals surface area (Å²) >= 11 is 0. The van der Waals surface area contributed by atoms with Crippen LogP contribution in [0.25, 0.3) is 0 Å². The molecule has 46 heavy (non-hydrogen) atoms. The van der Waals surface area contributed by atoms with Gasteiger partial charge in [0.05, 0.1) is 6.61 Å². The van der Waals surface area contributed by atoms with Crippen LogP contribution in [0.15, 0.2) is 4.76 Å². The second kappa shape index (κ2) is 35.9. The van der Waals surface area contributed by atoms with Gasteiger partial charge in [0.15, 0.2) is 0 Å². The zero-order chi connectivity index (χ0) is 33.8. The van der Waals surface area contributed by atoms with E-state index >= 15 is 4.20 Å². The Morgan fingerprint density at radius 1 is 0.478 bits per heavy atom. The first-order chi connectivity index (χ1) is 22.5. The van der Waals surface area contributed by atoms with Gasteiger partial charge in [-0.3, -0.25) is 4.52 Å². The van der Waals surface area contributed by atoms with Gasteiger partial charge in [-0.15, -0.1) is 4.20 Å². The fraction of sp³-hybridized carbons (Fsp3) is 0.975. The molecule has 0 fully saturated rings. The Bertz CT molecular complexity index is 670. The molecule has 0 saturated carbocycles. The van der Waals surface area contributed by atoms with E-state index < -0.39 is 7.83 Å².